The Hall–Kier alpha value is -2.73. The van der Waals surface area contributed by atoms with Gasteiger partial charge in [-0.25, -0.2) is 9.37 Å². The van der Waals surface area contributed by atoms with Gasteiger partial charge < -0.3 is 25.2 Å². The maximum Gasteiger partial charge on any atom is 0.258 e. The molecular formula is C22H27ClFN4O4S2-. The molecular weight excluding hydrogens is 503 g/mol. The summed E-state index contributed by atoms with van der Waals surface area (Å²) >= 11 is 4.90. The lowest BCUT2D eigenvalue weighted by molar-refractivity contribution is -0.123. The van der Waals surface area contributed by atoms with Crippen LogP contribution in [0.25, 0.3) is 0 Å². The van der Waals surface area contributed by atoms with E-state index in [1.165, 1.54) is 29.5 Å². The minimum atomic E-state index is -2.23. The summed E-state index contributed by atoms with van der Waals surface area (Å²) < 4.78 is 40.3. The molecule has 1 saturated heterocycles. The van der Waals surface area contributed by atoms with E-state index in [1.54, 1.807) is 30.5 Å². The molecule has 1 aromatic heterocycles. The zero-order valence-corrected chi connectivity index (χ0v) is 20.4. The van der Waals surface area contributed by atoms with Gasteiger partial charge in [0.1, 0.15) is 11.6 Å². The number of rotatable bonds is 6. The second-order valence-corrected chi connectivity index (χ2v) is 9.57. The number of thiazole rings is 1. The molecule has 1 amide bonds. The minimum absolute atomic E-state index is 0. The maximum atomic E-state index is 13.1. The summed E-state index contributed by atoms with van der Waals surface area (Å²) in [5, 5.41) is 5.35. The summed E-state index contributed by atoms with van der Waals surface area (Å²) in [6, 6.07) is 10.7. The first-order valence-corrected chi connectivity index (χ1v) is 12.6. The van der Waals surface area contributed by atoms with Crippen LogP contribution >= 0.6 is 22.9 Å². The summed E-state index contributed by atoms with van der Waals surface area (Å²) in [6.07, 6.45) is 3.21. The number of hydrogen-bond acceptors (Lipinski definition) is 8. The second kappa shape index (κ2) is 12.7. The predicted molar refractivity (Wildman–Crippen MR) is 135 cm³/mol. The Bertz CT molecular complexity index is 1110. The number of halogens is 2. The van der Waals surface area contributed by atoms with E-state index in [4.69, 9.17) is 22.1 Å². The van der Waals surface area contributed by atoms with Gasteiger partial charge in [-0.1, -0.05) is 11.6 Å². The first kappa shape index (κ1) is 25.9. The molecule has 3 N–H and O–H groups in total. The quantitative estimate of drug-likeness (QED) is 0.461. The zero-order chi connectivity index (χ0) is 24.5. The summed E-state index contributed by atoms with van der Waals surface area (Å²) in [5.74, 6) is -0.457. The van der Waals surface area contributed by atoms with Crippen LogP contribution in [-0.4, -0.2) is 45.4 Å². The van der Waals surface area contributed by atoms with E-state index in [9.17, 15) is 17.9 Å². The normalized spacial score (nSPS) is 14.6. The predicted octanol–water partition coefficient (Wildman–Crippen LogP) is 4.10. The highest BCUT2D eigenvalue weighted by atomic mass is 35.5. The van der Waals surface area contributed by atoms with Gasteiger partial charge in [0.05, 0.1) is 5.02 Å². The first-order valence-electron chi connectivity index (χ1n) is 10.3. The smallest absolute Gasteiger partial charge is 0.258 e. The Morgan fingerprint density at radius 1 is 1.32 bits per heavy atom. The van der Waals surface area contributed by atoms with Crippen LogP contribution in [0.15, 0.2) is 58.9 Å². The summed E-state index contributed by atoms with van der Waals surface area (Å²) in [7, 11) is 0. The van der Waals surface area contributed by atoms with Gasteiger partial charge in [-0.05, 0) is 60.3 Å². The van der Waals surface area contributed by atoms with E-state index in [-0.39, 0.29) is 31.3 Å². The lowest BCUT2D eigenvalue weighted by Gasteiger charge is -2.34. The molecule has 0 bridgehead atoms. The number of nitrogens with two attached hydrogens (primary N) is 1. The molecule has 1 aliphatic rings. The van der Waals surface area contributed by atoms with Gasteiger partial charge in [-0.3, -0.25) is 9.00 Å². The Labute approximate surface area is 211 Å². The van der Waals surface area contributed by atoms with E-state index < -0.39 is 16.9 Å². The number of nitrogens with zero attached hydrogens (tertiary/aromatic N) is 2. The summed E-state index contributed by atoms with van der Waals surface area (Å²) in [6.45, 7) is 1.33. The Morgan fingerprint density at radius 3 is 2.56 bits per heavy atom. The molecule has 2 heterocycles. The van der Waals surface area contributed by atoms with Crippen molar-refractivity contribution in [2.24, 2.45) is 0 Å². The number of carbonyl (C=O) groups excluding carboxylic acids is 1. The Kier molecular flexibility index (Phi) is 9.63. The van der Waals surface area contributed by atoms with Crippen LogP contribution in [0.3, 0.4) is 0 Å². The van der Waals surface area contributed by atoms with Crippen molar-refractivity contribution in [1.29, 1.82) is 0 Å². The fourth-order valence-corrected chi connectivity index (χ4v) is 4.18. The third kappa shape index (κ3) is 7.94. The van der Waals surface area contributed by atoms with Gasteiger partial charge >= 0.3 is 0 Å². The Balaban J connectivity index is 0.000000711. The molecule has 8 nitrogen and oxygen atoms in total. The molecule has 3 aromatic rings. The molecule has 2 aromatic carbocycles. The third-order valence-electron chi connectivity index (χ3n) is 4.97. The fraction of sp³-hybridized carbons (Fsp3) is 0.273. The lowest BCUT2D eigenvalue weighted by Crippen LogP contribution is -2.46. The van der Waals surface area contributed by atoms with E-state index in [0.29, 0.717) is 10.9 Å². The van der Waals surface area contributed by atoms with Gasteiger partial charge in [-0.2, -0.15) is 0 Å². The van der Waals surface area contributed by atoms with Crippen molar-refractivity contribution in [3.05, 3.63) is 64.9 Å². The molecule has 12 heteroatoms. The average molecular weight is 530 g/mol. The van der Waals surface area contributed by atoms with Crippen molar-refractivity contribution in [2.75, 3.05) is 30.3 Å². The van der Waals surface area contributed by atoms with Crippen molar-refractivity contribution in [3.63, 3.8) is 0 Å². The van der Waals surface area contributed by atoms with Crippen LogP contribution in [0.2, 0.25) is 5.02 Å². The van der Waals surface area contributed by atoms with E-state index in [1.807, 2.05) is 5.38 Å². The molecule has 186 valence electrons. The number of piperidine rings is 1. The van der Waals surface area contributed by atoms with Gasteiger partial charge in [0.15, 0.2) is 11.7 Å². The van der Waals surface area contributed by atoms with E-state index in [2.05, 4.69) is 15.2 Å². The van der Waals surface area contributed by atoms with Crippen molar-refractivity contribution in [2.45, 2.75) is 23.8 Å². The number of aromatic nitrogens is 1. The van der Waals surface area contributed by atoms with Crippen LogP contribution in [0.4, 0.5) is 15.2 Å². The third-order valence-corrected chi connectivity index (χ3v) is 6.52. The number of amides is 1. The molecule has 4 rings (SSSR count). The zero-order valence-electron chi connectivity index (χ0n) is 18.0. The van der Waals surface area contributed by atoms with Crippen LogP contribution in [-0.2, 0) is 15.9 Å². The van der Waals surface area contributed by atoms with Crippen molar-refractivity contribution < 1.29 is 25.5 Å². The molecule has 1 atom stereocenters. The lowest BCUT2D eigenvalue weighted by atomic mass is 10.0. The summed E-state index contributed by atoms with van der Waals surface area (Å²) in [4.78, 5) is 18.2. The number of nitrogens with one attached hydrogen (secondary N) is 1. The average Bonchev–Trinajstić information content (AvgIpc) is 3.32. The molecule has 0 aliphatic carbocycles. The number of hydrogen-bond donors (Lipinski definition) is 2. The minimum Gasteiger partial charge on any atom is -0.768 e. The van der Waals surface area contributed by atoms with Gasteiger partial charge in [0.2, 0.25) is 0 Å². The number of anilines is 2. The van der Waals surface area contributed by atoms with Crippen LogP contribution < -0.4 is 20.7 Å². The number of nitrogen functional groups attached to an aromatic ring is 1. The SMILES string of the molecule is Nc1nccs1.O=C(COc1ccc(F)c(Cl)c1)NC1CCN(c2ccc(S(=O)[O-])cc2)CC1.[HH].[HH]. The van der Waals surface area contributed by atoms with E-state index >= 15 is 0 Å². The first-order chi connectivity index (χ1) is 16.3. The number of ether oxygens (including phenoxy) is 1. The summed E-state index contributed by atoms with van der Waals surface area (Å²) in [5.41, 5.74) is 6.14. The fourth-order valence-electron chi connectivity index (χ4n) is 3.27. The van der Waals surface area contributed by atoms with Gasteiger partial charge in [0.25, 0.3) is 5.91 Å². The molecule has 1 unspecified atom stereocenters. The standard InChI is InChI=1S/C19H20ClFN2O4S.C3H4N2S.2H2/c20-17-11-15(3-6-18(17)21)27-12-19(24)22-13-7-9-23(10-8-13)14-1-4-16(5-2-14)28(25)26;4-3-5-1-2-6-3;;/h1-6,11,13H,7-10,12H2,(H,22,24)(H,25,26);1-2H,(H2,4,5);2*1H/p-1. The number of benzene rings is 2. The molecule has 1 aliphatic heterocycles. The van der Waals surface area contributed by atoms with Crippen molar-refractivity contribution in [3.8, 4) is 5.75 Å². The van der Waals surface area contributed by atoms with Gasteiger partial charge in [-0.15, -0.1) is 11.3 Å². The number of carbonyl (C=O) groups is 1. The second-order valence-electron chi connectivity index (χ2n) is 7.29. The largest absolute Gasteiger partial charge is 0.768 e. The maximum absolute atomic E-state index is 13.1. The molecule has 1 fully saturated rings. The molecule has 0 radical (unpaired) electrons. The highest BCUT2D eigenvalue weighted by molar-refractivity contribution is 7.79. The van der Waals surface area contributed by atoms with Gasteiger partial charge in [0, 0.05) is 50.2 Å². The van der Waals surface area contributed by atoms with Crippen LogP contribution in [0.5, 0.6) is 5.75 Å². The highest BCUT2D eigenvalue weighted by Gasteiger charge is 2.21. The topological polar surface area (TPSA) is 121 Å². The molecule has 34 heavy (non-hydrogen) atoms. The van der Waals surface area contributed by atoms with E-state index in [0.717, 1.165) is 31.6 Å². The highest BCUT2D eigenvalue weighted by Crippen LogP contribution is 2.22. The van der Waals surface area contributed by atoms with Crippen LogP contribution in [0.1, 0.15) is 15.7 Å². The monoisotopic (exact) mass is 529 g/mol. The van der Waals surface area contributed by atoms with Crippen molar-refractivity contribution in [1.82, 2.24) is 10.3 Å². The Morgan fingerprint density at radius 2 is 2.03 bits per heavy atom. The van der Waals surface area contributed by atoms with Crippen molar-refractivity contribution >= 4 is 50.7 Å². The molecule has 0 spiro atoms. The van der Waals surface area contributed by atoms with Crippen LogP contribution in [0, 0.1) is 5.82 Å². The molecule has 0 saturated carbocycles.